The first-order valence-electron chi connectivity index (χ1n) is 10.5. The van der Waals surface area contributed by atoms with Crippen molar-refractivity contribution in [2.75, 3.05) is 13.2 Å². The number of aromatic nitrogens is 2. The number of ether oxygens (including phenoxy) is 3. The summed E-state index contributed by atoms with van der Waals surface area (Å²) in [6.07, 6.45) is -3.84. The second-order valence-corrected chi connectivity index (χ2v) is 10.5. The van der Waals surface area contributed by atoms with E-state index < -0.39 is 34.7 Å². The Morgan fingerprint density at radius 1 is 1.26 bits per heavy atom. The molecule has 1 aromatic carbocycles. The number of carbonyl (C=O) groups excluding carboxylic acids is 1. The zero-order valence-corrected chi connectivity index (χ0v) is 20.8. The molecule has 0 N–H and O–H groups in total. The van der Waals surface area contributed by atoms with Gasteiger partial charge in [0.15, 0.2) is 0 Å². The number of hydrogen-bond donors (Lipinski definition) is 0. The van der Waals surface area contributed by atoms with Crippen molar-refractivity contribution in [2.24, 2.45) is 0 Å². The van der Waals surface area contributed by atoms with Crippen LogP contribution >= 0.6 is 11.3 Å². The highest BCUT2D eigenvalue weighted by atomic mass is 32.1. The van der Waals surface area contributed by atoms with Crippen molar-refractivity contribution in [3.05, 3.63) is 41.4 Å². The number of carbonyl (C=O) groups is 1. The molecule has 1 saturated heterocycles. The quantitative estimate of drug-likeness (QED) is 0.470. The molecular formula is C23H28F3N3O4S. The summed E-state index contributed by atoms with van der Waals surface area (Å²) in [5.74, 6) is -0.296. The smallest absolute Gasteiger partial charge is 0.419 e. The number of alkyl halides is 3. The van der Waals surface area contributed by atoms with Crippen molar-refractivity contribution in [3.8, 4) is 16.3 Å². The van der Waals surface area contributed by atoms with Crippen LogP contribution in [-0.2, 0) is 21.2 Å². The molecule has 2 heterocycles. The predicted molar refractivity (Wildman–Crippen MR) is 121 cm³/mol. The van der Waals surface area contributed by atoms with Crippen molar-refractivity contribution in [2.45, 2.75) is 64.6 Å². The topological polar surface area (TPSA) is 73.8 Å². The minimum absolute atomic E-state index is 0.0555. The van der Waals surface area contributed by atoms with E-state index in [1.54, 1.807) is 41.5 Å². The van der Waals surface area contributed by atoms with Gasteiger partial charge >= 0.3 is 12.3 Å². The number of halogens is 3. The van der Waals surface area contributed by atoms with E-state index in [0.717, 1.165) is 17.4 Å². The fraction of sp³-hybridized carbons (Fsp3) is 0.522. The van der Waals surface area contributed by atoms with Gasteiger partial charge in [-0.3, -0.25) is 4.90 Å². The molecule has 1 unspecified atom stereocenters. The molecule has 0 radical (unpaired) electrons. The normalized spacial score (nSPS) is 20.3. The molecule has 1 aliphatic heterocycles. The summed E-state index contributed by atoms with van der Waals surface area (Å²) in [7, 11) is 0. The summed E-state index contributed by atoms with van der Waals surface area (Å²) in [5, 5.41) is 9.02. The van der Waals surface area contributed by atoms with Crippen molar-refractivity contribution >= 4 is 17.4 Å². The first kappa shape index (κ1) is 26.0. The fourth-order valence-corrected chi connectivity index (χ4v) is 4.60. The van der Waals surface area contributed by atoms with Gasteiger partial charge in [0, 0.05) is 5.56 Å². The Hall–Kier alpha value is -2.66. The van der Waals surface area contributed by atoms with Gasteiger partial charge in [-0.1, -0.05) is 24.0 Å². The van der Waals surface area contributed by atoms with E-state index in [4.69, 9.17) is 14.2 Å². The van der Waals surface area contributed by atoms with Crippen LogP contribution in [0, 0.1) is 0 Å². The third-order valence-electron chi connectivity index (χ3n) is 5.09. The zero-order valence-electron chi connectivity index (χ0n) is 19.9. The molecule has 0 spiro atoms. The highest BCUT2D eigenvalue weighted by Crippen LogP contribution is 2.45. The van der Waals surface area contributed by atoms with E-state index in [9.17, 15) is 18.0 Å². The van der Waals surface area contributed by atoms with Gasteiger partial charge in [-0.25, -0.2) is 4.79 Å². The molecule has 34 heavy (non-hydrogen) atoms. The van der Waals surface area contributed by atoms with Crippen molar-refractivity contribution < 1.29 is 32.2 Å². The van der Waals surface area contributed by atoms with Gasteiger partial charge in [0.05, 0.1) is 12.2 Å². The van der Waals surface area contributed by atoms with Gasteiger partial charge in [0.1, 0.15) is 39.2 Å². The molecule has 7 nitrogen and oxygen atoms in total. The van der Waals surface area contributed by atoms with Crippen LogP contribution < -0.4 is 4.74 Å². The molecule has 11 heteroatoms. The third-order valence-corrected chi connectivity index (χ3v) is 6.31. The minimum atomic E-state index is -4.62. The molecular weight excluding hydrogens is 471 g/mol. The summed E-state index contributed by atoms with van der Waals surface area (Å²) in [5.41, 5.74) is -3.44. The summed E-state index contributed by atoms with van der Waals surface area (Å²) in [6.45, 7) is 14.0. The van der Waals surface area contributed by atoms with Gasteiger partial charge in [-0.15, -0.1) is 10.2 Å². The second kappa shape index (κ2) is 8.84. The van der Waals surface area contributed by atoms with Crippen LogP contribution in [0.1, 0.15) is 52.1 Å². The van der Waals surface area contributed by atoms with E-state index in [1.807, 2.05) is 0 Å². The van der Waals surface area contributed by atoms with E-state index in [1.165, 1.54) is 23.1 Å². The average molecular weight is 500 g/mol. The van der Waals surface area contributed by atoms with E-state index in [0.29, 0.717) is 5.01 Å². The minimum Gasteiger partial charge on any atom is -0.489 e. The van der Waals surface area contributed by atoms with Crippen molar-refractivity contribution in [1.29, 1.82) is 0 Å². The maximum atomic E-state index is 13.6. The van der Waals surface area contributed by atoms with Crippen LogP contribution in [0.5, 0.6) is 5.75 Å². The number of amides is 1. The third kappa shape index (κ3) is 5.20. The highest BCUT2D eigenvalue weighted by Gasteiger charge is 2.55. The van der Waals surface area contributed by atoms with Gasteiger partial charge in [-0.2, -0.15) is 13.2 Å². The summed E-state index contributed by atoms with van der Waals surface area (Å²) in [6, 6.07) is 3.71. The largest absolute Gasteiger partial charge is 0.489 e. The van der Waals surface area contributed by atoms with E-state index >= 15 is 0 Å². The lowest BCUT2D eigenvalue weighted by Gasteiger charge is -2.39. The standard InChI is InChI=1S/C23H28F3N3O4S/c1-8-11-31-16-10-9-14(12-15(16)23(24,25)26)17-27-28-18(34-17)22(7)13-32-21(5,6)29(22)19(30)33-20(2,3)4/h8-10,12H,1,11,13H2,2-7H3. The van der Waals surface area contributed by atoms with Gasteiger partial charge in [0.25, 0.3) is 0 Å². The molecule has 1 amide bonds. The first-order chi connectivity index (χ1) is 15.6. The second-order valence-electron chi connectivity index (χ2n) is 9.55. The van der Waals surface area contributed by atoms with Crippen LogP contribution in [-0.4, -0.2) is 45.7 Å². The Kier molecular flexibility index (Phi) is 6.75. The van der Waals surface area contributed by atoms with Gasteiger partial charge < -0.3 is 14.2 Å². The fourth-order valence-electron chi connectivity index (χ4n) is 3.64. The lowest BCUT2D eigenvalue weighted by molar-refractivity contribution is -0.138. The number of nitrogens with zero attached hydrogens (tertiary/aromatic N) is 3. The van der Waals surface area contributed by atoms with Crippen LogP contribution in [0.15, 0.2) is 30.9 Å². The number of hydrogen-bond acceptors (Lipinski definition) is 7. The van der Waals surface area contributed by atoms with Crippen LogP contribution in [0.4, 0.5) is 18.0 Å². The monoisotopic (exact) mass is 499 g/mol. The molecule has 1 aliphatic rings. The molecule has 1 atom stereocenters. The molecule has 0 bridgehead atoms. The first-order valence-corrected chi connectivity index (χ1v) is 11.4. The van der Waals surface area contributed by atoms with Gasteiger partial charge in [0.2, 0.25) is 0 Å². The summed E-state index contributed by atoms with van der Waals surface area (Å²) < 4.78 is 57.5. The van der Waals surface area contributed by atoms with Gasteiger partial charge in [-0.05, 0) is 59.7 Å². The predicted octanol–water partition coefficient (Wildman–Crippen LogP) is 6.01. The average Bonchev–Trinajstić information content (AvgIpc) is 3.28. The highest BCUT2D eigenvalue weighted by molar-refractivity contribution is 7.14. The Balaban J connectivity index is 1.99. The molecule has 2 aromatic rings. The maximum Gasteiger partial charge on any atom is 0.419 e. The van der Waals surface area contributed by atoms with E-state index in [2.05, 4.69) is 16.8 Å². The Bertz CT molecular complexity index is 1080. The lowest BCUT2D eigenvalue weighted by atomic mass is 10.0. The SMILES string of the molecule is C=CCOc1ccc(-c2nnc(C3(C)COC(C)(C)N3C(=O)OC(C)(C)C)s2)cc1C(F)(F)F. The Morgan fingerprint density at radius 3 is 2.53 bits per heavy atom. The summed E-state index contributed by atoms with van der Waals surface area (Å²) >= 11 is 1.09. The van der Waals surface area contributed by atoms with Crippen molar-refractivity contribution in [1.82, 2.24) is 15.1 Å². The lowest BCUT2D eigenvalue weighted by Crippen LogP contribution is -2.54. The molecule has 1 fully saturated rings. The van der Waals surface area contributed by atoms with Crippen molar-refractivity contribution in [3.63, 3.8) is 0 Å². The van der Waals surface area contributed by atoms with Crippen LogP contribution in [0.2, 0.25) is 0 Å². The Labute approximate surface area is 200 Å². The molecule has 1 aromatic heterocycles. The molecule has 186 valence electrons. The number of rotatable bonds is 5. The zero-order chi connectivity index (χ0) is 25.5. The van der Waals surface area contributed by atoms with E-state index in [-0.39, 0.29) is 29.5 Å². The number of benzene rings is 1. The maximum absolute atomic E-state index is 13.6. The molecule has 3 rings (SSSR count). The Morgan fingerprint density at radius 2 is 1.94 bits per heavy atom. The molecule has 0 saturated carbocycles. The molecule has 0 aliphatic carbocycles. The van der Waals surface area contributed by atoms with Crippen LogP contribution in [0.25, 0.3) is 10.6 Å². The summed E-state index contributed by atoms with van der Waals surface area (Å²) in [4.78, 5) is 14.5. The van der Waals surface area contributed by atoms with Crippen LogP contribution in [0.3, 0.4) is 0 Å².